The van der Waals surface area contributed by atoms with Crippen LogP contribution in [0.25, 0.3) is 11.5 Å². The van der Waals surface area contributed by atoms with Crippen molar-refractivity contribution in [2.24, 2.45) is 0 Å². The molecule has 8 nitrogen and oxygen atoms in total. The molecule has 32 heavy (non-hydrogen) atoms. The smallest absolute Gasteiger partial charge is 0.255 e. The van der Waals surface area contributed by atoms with E-state index >= 15 is 0 Å². The quantitative estimate of drug-likeness (QED) is 0.546. The van der Waals surface area contributed by atoms with Gasteiger partial charge in [0.25, 0.3) is 5.91 Å². The molecule has 0 bridgehead atoms. The van der Waals surface area contributed by atoms with Gasteiger partial charge in [-0.2, -0.15) is 0 Å². The van der Waals surface area contributed by atoms with Crippen molar-refractivity contribution in [1.29, 1.82) is 0 Å². The Balaban J connectivity index is 1.55. The number of carbonyl (C=O) groups excluding carboxylic acids is 3. The Morgan fingerprint density at radius 1 is 1.22 bits per heavy atom. The molecule has 0 radical (unpaired) electrons. The van der Waals surface area contributed by atoms with Gasteiger partial charge < -0.3 is 13.7 Å². The van der Waals surface area contributed by atoms with Crippen LogP contribution in [0.4, 0.5) is 0 Å². The summed E-state index contributed by atoms with van der Waals surface area (Å²) in [4.78, 5) is 42.8. The standard InChI is InChI=1S/C23H29N3O5Si/c1-23(2,3)32(4,5)30-13-14-11-24-21(31-14)15-7-6-8-16-17(15)12-26(22(16)29)18-9-10-19(27)25-20(18)28/h6-8,11,18H,9-10,12-13H2,1-5H3,(H,25,27,28). The summed E-state index contributed by atoms with van der Waals surface area (Å²) in [7, 11) is -1.92. The molecule has 1 fully saturated rings. The van der Waals surface area contributed by atoms with E-state index in [4.69, 9.17) is 8.84 Å². The van der Waals surface area contributed by atoms with Gasteiger partial charge in [-0.3, -0.25) is 19.7 Å². The number of nitrogens with one attached hydrogen (secondary N) is 1. The topological polar surface area (TPSA) is 102 Å². The number of fused-ring (bicyclic) bond motifs is 1. The lowest BCUT2D eigenvalue weighted by Gasteiger charge is -2.35. The van der Waals surface area contributed by atoms with E-state index in [0.29, 0.717) is 30.2 Å². The fourth-order valence-corrected chi connectivity index (χ4v) is 4.69. The van der Waals surface area contributed by atoms with Gasteiger partial charge in [-0.1, -0.05) is 26.8 Å². The van der Waals surface area contributed by atoms with Crippen molar-refractivity contribution < 1.29 is 23.2 Å². The highest BCUT2D eigenvalue weighted by Crippen LogP contribution is 2.38. The van der Waals surface area contributed by atoms with E-state index < -0.39 is 20.3 Å². The second-order valence-electron chi connectivity index (χ2n) is 9.91. The molecule has 170 valence electrons. The van der Waals surface area contributed by atoms with Crippen LogP contribution in [-0.2, 0) is 27.2 Å². The summed E-state index contributed by atoms with van der Waals surface area (Å²) in [6, 6.07) is 4.75. The summed E-state index contributed by atoms with van der Waals surface area (Å²) in [5.41, 5.74) is 2.04. The molecule has 9 heteroatoms. The highest BCUT2D eigenvalue weighted by molar-refractivity contribution is 6.74. The third-order valence-electron chi connectivity index (χ3n) is 6.75. The van der Waals surface area contributed by atoms with E-state index in [1.807, 2.05) is 6.07 Å². The first kappa shape index (κ1) is 22.4. The van der Waals surface area contributed by atoms with Crippen molar-refractivity contribution in [2.75, 3.05) is 0 Å². The summed E-state index contributed by atoms with van der Waals surface area (Å²) in [6.07, 6.45) is 2.21. The molecule has 2 aromatic rings. The van der Waals surface area contributed by atoms with Gasteiger partial charge in [-0.25, -0.2) is 4.98 Å². The van der Waals surface area contributed by atoms with Crippen LogP contribution < -0.4 is 5.32 Å². The number of oxazole rings is 1. The number of aromatic nitrogens is 1. The maximum Gasteiger partial charge on any atom is 0.255 e. The minimum Gasteiger partial charge on any atom is -0.439 e. The van der Waals surface area contributed by atoms with E-state index in [9.17, 15) is 14.4 Å². The SMILES string of the molecule is CC(C)(C)[Si](C)(C)OCc1cnc(-c2cccc3c2CN(C2CCC(=O)NC2=O)C3=O)o1. The van der Waals surface area contributed by atoms with Crippen LogP contribution in [0, 0.1) is 0 Å². The van der Waals surface area contributed by atoms with Gasteiger partial charge in [0.1, 0.15) is 11.8 Å². The second-order valence-corrected chi connectivity index (χ2v) is 14.7. The van der Waals surface area contributed by atoms with Crippen LogP contribution in [0.15, 0.2) is 28.8 Å². The monoisotopic (exact) mass is 455 g/mol. The Morgan fingerprint density at radius 2 is 1.94 bits per heavy atom. The van der Waals surface area contributed by atoms with Crippen LogP contribution >= 0.6 is 0 Å². The highest BCUT2D eigenvalue weighted by atomic mass is 28.4. The molecule has 3 heterocycles. The van der Waals surface area contributed by atoms with Crippen LogP contribution in [-0.4, -0.2) is 42.0 Å². The number of benzene rings is 1. The van der Waals surface area contributed by atoms with Gasteiger partial charge in [-0.05, 0) is 42.2 Å². The summed E-state index contributed by atoms with van der Waals surface area (Å²) in [6.45, 7) is 11.5. The maximum absolute atomic E-state index is 13.0. The summed E-state index contributed by atoms with van der Waals surface area (Å²) < 4.78 is 12.2. The van der Waals surface area contributed by atoms with E-state index in [2.05, 4.69) is 44.2 Å². The zero-order valence-electron chi connectivity index (χ0n) is 19.2. The number of hydrogen-bond donors (Lipinski definition) is 1. The van der Waals surface area contributed by atoms with Gasteiger partial charge in [0.15, 0.2) is 8.32 Å². The van der Waals surface area contributed by atoms with E-state index in [1.54, 1.807) is 18.3 Å². The lowest BCUT2D eigenvalue weighted by Crippen LogP contribution is -2.52. The molecule has 1 aromatic carbocycles. The number of amides is 3. The Hall–Kier alpha value is -2.78. The Labute approximate surface area is 188 Å². The number of rotatable bonds is 5. The predicted octanol–water partition coefficient (Wildman–Crippen LogP) is 3.62. The summed E-state index contributed by atoms with van der Waals surface area (Å²) in [5, 5.41) is 2.42. The third kappa shape index (κ3) is 4.02. The van der Waals surface area contributed by atoms with Gasteiger partial charge in [0.05, 0.1) is 12.8 Å². The molecule has 4 rings (SSSR count). The minimum absolute atomic E-state index is 0.0932. The number of imide groups is 1. The van der Waals surface area contributed by atoms with E-state index in [1.165, 1.54) is 4.90 Å². The zero-order valence-corrected chi connectivity index (χ0v) is 20.2. The molecule has 2 aliphatic rings. The average Bonchev–Trinajstić information content (AvgIpc) is 3.31. The molecule has 1 atom stereocenters. The number of nitrogens with zero attached hydrogens (tertiary/aromatic N) is 2. The van der Waals surface area contributed by atoms with Crippen LogP contribution in [0.3, 0.4) is 0 Å². The third-order valence-corrected chi connectivity index (χ3v) is 11.2. The minimum atomic E-state index is -1.92. The van der Waals surface area contributed by atoms with Crippen molar-refractivity contribution in [3.05, 3.63) is 41.3 Å². The summed E-state index contributed by atoms with van der Waals surface area (Å²) >= 11 is 0. The number of hydrogen-bond acceptors (Lipinski definition) is 6. The maximum atomic E-state index is 13.0. The van der Waals surface area contributed by atoms with Crippen molar-refractivity contribution in [2.45, 2.75) is 70.9 Å². The average molecular weight is 456 g/mol. The molecular weight excluding hydrogens is 426 g/mol. The largest absolute Gasteiger partial charge is 0.439 e. The van der Waals surface area contributed by atoms with E-state index in [0.717, 1.165) is 11.1 Å². The Kier molecular flexibility index (Phi) is 5.58. The first-order valence-electron chi connectivity index (χ1n) is 10.8. The van der Waals surface area contributed by atoms with Crippen molar-refractivity contribution in [1.82, 2.24) is 15.2 Å². The fraction of sp³-hybridized carbons (Fsp3) is 0.478. The first-order chi connectivity index (χ1) is 15.0. The van der Waals surface area contributed by atoms with Crippen LogP contribution in [0.5, 0.6) is 0 Å². The van der Waals surface area contributed by atoms with Crippen molar-refractivity contribution >= 4 is 26.0 Å². The molecule has 0 spiro atoms. The lowest BCUT2D eigenvalue weighted by atomic mass is 10.0. The molecular formula is C23H29N3O5Si. The van der Waals surface area contributed by atoms with E-state index in [-0.39, 0.29) is 29.8 Å². The molecule has 1 N–H and O–H groups in total. The number of piperidine rings is 1. The van der Waals surface area contributed by atoms with Gasteiger partial charge in [-0.15, -0.1) is 0 Å². The Morgan fingerprint density at radius 3 is 2.62 bits per heavy atom. The molecule has 1 unspecified atom stereocenters. The van der Waals surface area contributed by atoms with Crippen molar-refractivity contribution in [3.63, 3.8) is 0 Å². The molecule has 3 amide bonds. The molecule has 2 aliphatic heterocycles. The van der Waals surface area contributed by atoms with Crippen LogP contribution in [0.2, 0.25) is 18.1 Å². The first-order valence-corrected chi connectivity index (χ1v) is 13.7. The highest BCUT2D eigenvalue weighted by Gasteiger charge is 2.40. The van der Waals surface area contributed by atoms with Gasteiger partial charge >= 0.3 is 0 Å². The second kappa shape index (κ2) is 7.97. The van der Waals surface area contributed by atoms with Gasteiger partial charge in [0.2, 0.25) is 17.7 Å². The normalized spacial score (nSPS) is 19.3. The molecule has 1 saturated heterocycles. The van der Waals surface area contributed by atoms with Crippen molar-refractivity contribution in [3.8, 4) is 11.5 Å². The van der Waals surface area contributed by atoms with Gasteiger partial charge in [0, 0.05) is 24.1 Å². The molecule has 0 aliphatic carbocycles. The fourth-order valence-electron chi connectivity index (χ4n) is 3.75. The Bertz CT molecular complexity index is 1090. The predicted molar refractivity (Wildman–Crippen MR) is 120 cm³/mol. The molecule has 0 saturated carbocycles. The summed E-state index contributed by atoms with van der Waals surface area (Å²) in [5.74, 6) is 0.111. The lowest BCUT2D eigenvalue weighted by molar-refractivity contribution is -0.136. The van der Waals surface area contributed by atoms with Crippen LogP contribution in [0.1, 0.15) is 55.3 Å². The number of carbonyl (C=O) groups is 3. The zero-order chi connectivity index (χ0) is 23.3. The molecule has 1 aromatic heterocycles.